The van der Waals surface area contributed by atoms with Gasteiger partial charge in [-0.05, 0) is 6.07 Å². The molecule has 2 rings (SSSR count). The second-order valence-corrected chi connectivity index (χ2v) is 5.08. The molecule has 1 amide bonds. The Bertz CT molecular complexity index is 627. The first kappa shape index (κ1) is 14.0. The second kappa shape index (κ2) is 5.28. The molecule has 2 aromatic heterocycles. The van der Waals surface area contributed by atoms with Crippen LogP contribution in [-0.4, -0.2) is 32.1 Å². The molecule has 0 aromatic carbocycles. The van der Waals surface area contributed by atoms with Gasteiger partial charge in [-0.1, -0.05) is 19.9 Å². The molecule has 7 heteroatoms. The normalized spacial score (nSPS) is 12.2. The number of carbonyl (C=O) groups excluding carboxylic acids is 1. The maximum atomic E-state index is 12.8. The van der Waals surface area contributed by atoms with Crippen molar-refractivity contribution in [3.8, 4) is 5.82 Å². The van der Waals surface area contributed by atoms with Gasteiger partial charge in [-0.3, -0.25) is 9.18 Å². The molecule has 2 heterocycles. The fourth-order valence-corrected chi connectivity index (χ4v) is 1.58. The Labute approximate surface area is 115 Å². The third-order valence-electron chi connectivity index (χ3n) is 2.77. The topological polar surface area (TPSA) is 78.7 Å². The highest BCUT2D eigenvalue weighted by Gasteiger charge is 2.18. The van der Waals surface area contributed by atoms with E-state index in [9.17, 15) is 9.18 Å². The molecule has 2 N–H and O–H groups in total. The summed E-state index contributed by atoms with van der Waals surface area (Å²) in [7, 11) is 0. The number of aromatic nitrogens is 4. The van der Waals surface area contributed by atoms with Gasteiger partial charge in [0, 0.05) is 24.0 Å². The van der Waals surface area contributed by atoms with Crippen molar-refractivity contribution >= 4 is 12.1 Å². The molecule has 2 aromatic rings. The Morgan fingerprint density at radius 1 is 1.50 bits per heavy atom. The van der Waals surface area contributed by atoms with Gasteiger partial charge in [-0.15, -0.1) is 0 Å². The number of nitrogens with zero attached hydrogens (tertiary/aromatic N) is 4. The van der Waals surface area contributed by atoms with E-state index in [0.29, 0.717) is 5.82 Å². The average Bonchev–Trinajstić information content (AvgIpc) is 3.04. The number of nitrogens with two attached hydrogens (primary N) is 1. The van der Waals surface area contributed by atoms with Crippen molar-refractivity contribution in [2.75, 3.05) is 6.67 Å². The summed E-state index contributed by atoms with van der Waals surface area (Å²) >= 11 is 0. The molecule has 0 spiro atoms. The van der Waals surface area contributed by atoms with E-state index < -0.39 is 18.0 Å². The van der Waals surface area contributed by atoms with Crippen LogP contribution in [0.25, 0.3) is 12.0 Å². The Kier molecular flexibility index (Phi) is 3.69. The highest BCUT2D eigenvalue weighted by atomic mass is 19.1. The zero-order valence-electron chi connectivity index (χ0n) is 11.3. The summed E-state index contributed by atoms with van der Waals surface area (Å²) in [5, 5.41) is 8.14. The lowest BCUT2D eigenvalue weighted by atomic mass is 9.96. The molecule has 0 aliphatic rings. The van der Waals surface area contributed by atoms with E-state index in [2.05, 4.69) is 10.2 Å². The zero-order valence-corrected chi connectivity index (χ0v) is 11.3. The average molecular weight is 277 g/mol. The largest absolute Gasteiger partial charge is 0.365 e. The lowest BCUT2D eigenvalue weighted by Gasteiger charge is -2.14. The lowest BCUT2D eigenvalue weighted by molar-refractivity contribution is 0.1000. The Morgan fingerprint density at radius 3 is 2.80 bits per heavy atom. The van der Waals surface area contributed by atoms with Crippen LogP contribution in [0.5, 0.6) is 0 Å². The molecular weight excluding hydrogens is 261 g/mol. The predicted octanol–water partition coefficient (Wildman–Crippen LogP) is 1.63. The van der Waals surface area contributed by atoms with Crippen LogP contribution in [0.15, 0.2) is 30.7 Å². The summed E-state index contributed by atoms with van der Waals surface area (Å²) in [5.41, 5.74) is 4.96. The smallest absolute Gasteiger partial charge is 0.254 e. The highest BCUT2D eigenvalue weighted by molar-refractivity contribution is 5.95. The molecular formula is C13H16FN5O. The monoisotopic (exact) mass is 277 g/mol. The molecule has 0 saturated heterocycles. The van der Waals surface area contributed by atoms with Crippen LogP contribution in [0, 0.1) is 5.41 Å². The van der Waals surface area contributed by atoms with Crippen LogP contribution in [0.2, 0.25) is 0 Å². The van der Waals surface area contributed by atoms with Gasteiger partial charge >= 0.3 is 0 Å². The first-order valence-electron chi connectivity index (χ1n) is 6.07. The lowest BCUT2D eigenvalue weighted by Crippen LogP contribution is -2.15. The number of allylic oxidation sites excluding steroid dienone is 1. The van der Waals surface area contributed by atoms with Gasteiger partial charge in [0.25, 0.3) is 5.91 Å². The van der Waals surface area contributed by atoms with Crippen LogP contribution < -0.4 is 5.73 Å². The van der Waals surface area contributed by atoms with Gasteiger partial charge in [0.2, 0.25) is 0 Å². The highest BCUT2D eigenvalue weighted by Crippen LogP contribution is 2.19. The van der Waals surface area contributed by atoms with Crippen molar-refractivity contribution in [1.29, 1.82) is 0 Å². The number of hydrogen-bond acceptors (Lipinski definition) is 3. The number of hydrogen-bond donors (Lipinski definition) is 1. The summed E-state index contributed by atoms with van der Waals surface area (Å²) in [5.74, 6) is -0.173. The summed E-state index contributed by atoms with van der Waals surface area (Å²) in [6.45, 7) is 3.02. The standard InChI is InChI=1S/C13H16FN5O/c1-13(2,9-14)4-7-19-12(18-6-3-5-16-18)10(8-17-19)11(15)20/h3-8H,9H2,1-2H3,(H2,15,20)/b7-4+. The van der Waals surface area contributed by atoms with E-state index in [1.54, 1.807) is 44.6 Å². The van der Waals surface area contributed by atoms with Crippen LogP contribution in [0.1, 0.15) is 24.2 Å². The molecule has 0 aliphatic carbocycles. The number of primary amides is 1. The first-order chi connectivity index (χ1) is 9.44. The second-order valence-electron chi connectivity index (χ2n) is 5.08. The van der Waals surface area contributed by atoms with Crippen molar-refractivity contribution in [3.05, 3.63) is 36.3 Å². The van der Waals surface area contributed by atoms with Crippen molar-refractivity contribution in [2.24, 2.45) is 11.1 Å². The quantitative estimate of drug-likeness (QED) is 0.902. The number of amides is 1. The molecule has 6 nitrogen and oxygen atoms in total. The fourth-order valence-electron chi connectivity index (χ4n) is 1.58. The van der Waals surface area contributed by atoms with E-state index >= 15 is 0 Å². The molecule has 106 valence electrons. The van der Waals surface area contributed by atoms with Crippen LogP contribution in [0.3, 0.4) is 0 Å². The van der Waals surface area contributed by atoms with Crippen LogP contribution in [-0.2, 0) is 0 Å². The van der Waals surface area contributed by atoms with Crippen molar-refractivity contribution in [2.45, 2.75) is 13.8 Å². The maximum Gasteiger partial charge on any atom is 0.254 e. The predicted molar refractivity (Wildman–Crippen MR) is 73.0 cm³/mol. The molecule has 0 aliphatic heterocycles. The van der Waals surface area contributed by atoms with Gasteiger partial charge in [-0.2, -0.15) is 10.2 Å². The summed E-state index contributed by atoms with van der Waals surface area (Å²) in [6, 6.07) is 1.72. The van der Waals surface area contributed by atoms with Crippen molar-refractivity contribution < 1.29 is 9.18 Å². The van der Waals surface area contributed by atoms with E-state index in [-0.39, 0.29) is 5.56 Å². The Hall–Kier alpha value is -2.44. The van der Waals surface area contributed by atoms with E-state index in [0.717, 1.165) is 0 Å². The zero-order chi connectivity index (χ0) is 14.8. The van der Waals surface area contributed by atoms with E-state index in [1.165, 1.54) is 15.6 Å². The molecule has 0 saturated carbocycles. The number of rotatable bonds is 5. The van der Waals surface area contributed by atoms with E-state index in [4.69, 9.17) is 5.73 Å². The third-order valence-corrected chi connectivity index (χ3v) is 2.77. The summed E-state index contributed by atoms with van der Waals surface area (Å²) < 4.78 is 15.7. The minimum Gasteiger partial charge on any atom is -0.365 e. The van der Waals surface area contributed by atoms with Crippen molar-refractivity contribution in [1.82, 2.24) is 19.6 Å². The number of carbonyl (C=O) groups is 1. The van der Waals surface area contributed by atoms with Crippen LogP contribution in [0.4, 0.5) is 4.39 Å². The Morgan fingerprint density at radius 2 is 2.25 bits per heavy atom. The fraction of sp³-hybridized carbons (Fsp3) is 0.308. The van der Waals surface area contributed by atoms with Gasteiger partial charge in [0.15, 0.2) is 5.82 Å². The Balaban J connectivity index is 2.47. The molecule has 0 bridgehead atoms. The molecule has 0 atom stereocenters. The molecule has 0 fully saturated rings. The van der Waals surface area contributed by atoms with Crippen LogP contribution >= 0.6 is 0 Å². The summed E-state index contributed by atoms with van der Waals surface area (Å²) in [4.78, 5) is 11.4. The third kappa shape index (κ3) is 2.76. The van der Waals surface area contributed by atoms with Gasteiger partial charge < -0.3 is 5.73 Å². The molecule has 0 unspecified atom stereocenters. The number of halogens is 1. The van der Waals surface area contributed by atoms with E-state index in [1.807, 2.05) is 0 Å². The number of alkyl halides is 1. The minimum absolute atomic E-state index is 0.247. The SMILES string of the molecule is CC(C)(/C=C/n1ncc(C(N)=O)c1-n1cccn1)CF. The van der Waals surface area contributed by atoms with Gasteiger partial charge in [0.05, 0.1) is 12.9 Å². The minimum atomic E-state index is -0.611. The van der Waals surface area contributed by atoms with Gasteiger partial charge in [0.1, 0.15) is 5.56 Å². The first-order valence-corrected chi connectivity index (χ1v) is 6.07. The van der Waals surface area contributed by atoms with Crippen molar-refractivity contribution in [3.63, 3.8) is 0 Å². The summed E-state index contributed by atoms with van der Waals surface area (Å²) in [6.07, 6.45) is 7.90. The van der Waals surface area contributed by atoms with Gasteiger partial charge in [-0.25, -0.2) is 9.36 Å². The maximum absolute atomic E-state index is 12.8. The molecule has 20 heavy (non-hydrogen) atoms. The molecule has 0 radical (unpaired) electrons.